The van der Waals surface area contributed by atoms with Gasteiger partial charge in [-0.3, -0.25) is 9.79 Å². The van der Waals surface area contributed by atoms with Crippen molar-refractivity contribution >= 4 is 18.0 Å². The first-order valence-corrected chi connectivity index (χ1v) is 10.1. The van der Waals surface area contributed by atoms with Crippen LogP contribution in [0.2, 0.25) is 0 Å². The first-order valence-electron chi connectivity index (χ1n) is 10.1. The number of aliphatic imine (C=N–C) groups is 1. The van der Waals surface area contributed by atoms with Crippen molar-refractivity contribution in [1.29, 1.82) is 0 Å². The molecule has 2 N–H and O–H groups in total. The van der Waals surface area contributed by atoms with E-state index in [-0.39, 0.29) is 29.8 Å². The standard InChI is InChI=1S/C20H38N4O4/c1-9-21-18(24-11-14(4)15(12-24)17(25)27-8)22-10-16(13(2)3)23-19(26)28-20(5,6)7/h13-16H,9-12H2,1-8H3,(H,21,22)(H,23,26). The Balaban J connectivity index is 2.83. The van der Waals surface area contributed by atoms with Gasteiger partial charge in [-0.05, 0) is 39.5 Å². The van der Waals surface area contributed by atoms with E-state index in [2.05, 4.69) is 15.5 Å². The van der Waals surface area contributed by atoms with Gasteiger partial charge in [0.05, 0.1) is 25.6 Å². The monoisotopic (exact) mass is 398 g/mol. The molecule has 0 saturated carbocycles. The van der Waals surface area contributed by atoms with Gasteiger partial charge in [-0.15, -0.1) is 0 Å². The number of hydrogen-bond acceptors (Lipinski definition) is 5. The normalized spacial score (nSPS) is 21.5. The summed E-state index contributed by atoms with van der Waals surface area (Å²) in [5.41, 5.74) is -0.543. The summed E-state index contributed by atoms with van der Waals surface area (Å²) in [5, 5.41) is 6.21. The Bertz CT molecular complexity index is 557. The highest BCUT2D eigenvalue weighted by molar-refractivity contribution is 5.82. The van der Waals surface area contributed by atoms with Gasteiger partial charge in [0.25, 0.3) is 0 Å². The molecule has 0 spiro atoms. The van der Waals surface area contributed by atoms with Gasteiger partial charge in [0, 0.05) is 19.6 Å². The second-order valence-corrected chi connectivity index (χ2v) is 8.70. The van der Waals surface area contributed by atoms with Gasteiger partial charge in [0.15, 0.2) is 5.96 Å². The van der Waals surface area contributed by atoms with Crippen molar-refractivity contribution in [1.82, 2.24) is 15.5 Å². The van der Waals surface area contributed by atoms with Crippen LogP contribution < -0.4 is 10.6 Å². The number of guanidine groups is 1. The topological polar surface area (TPSA) is 92.3 Å². The first-order chi connectivity index (χ1) is 13.0. The molecule has 0 bridgehead atoms. The second-order valence-electron chi connectivity index (χ2n) is 8.70. The molecule has 8 heteroatoms. The molecule has 1 amide bonds. The van der Waals surface area contributed by atoms with Crippen LogP contribution in [0.3, 0.4) is 0 Å². The molecule has 162 valence electrons. The highest BCUT2D eigenvalue weighted by Gasteiger charge is 2.37. The second kappa shape index (κ2) is 10.5. The molecule has 3 unspecified atom stereocenters. The van der Waals surface area contributed by atoms with Crippen LogP contribution in [0.4, 0.5) is 4.79 Å². The lowest BCUT2D eigenvalue weighted by atomic mass is 9.99. The third kappa shape index (κ3) is 7.56. The molecule has 1 aliphatic heterocycles. The van der Waals surface area contributed by atoms with Gasteiger partial charge in [-0.25, -0.2) is 4.79 Å². The smallest absolute Gasteiger partial charge is 0.407 e. The maximum atomic E-state index is 12.1. The van der Waals surface area contributed by atoms with E-state index in [0.717, 1.165) is 19.0 Å². The summed E-state index contributed by atoms with van der Waals surface area (Å²) in [6.45, 7) is 16.1. The number of nitrogens with one attached hydrogen (secondary N) is 2. The number of carbonyl (C=O) groups is 2. The Hall–Kier alpha value is -1.99. The summed E-state index contributed by atoms with van der Waals surface area (Å²) in [6, 6.07) is -0.153. The van der Waals surface area contributed by atoms with Crippen LogP contribution in [-0.2, 0) is 14.3 Å². The lowest BCUT2D eigenvalue weighted by Gasteiger charge is -2.26. The summed E-state index contributed by atoms with van der Waals surface area (Å²) >= 11 is 0. The van der Waals surface area contributed by atoms with Crippen molar-refractivity contribution in [3.63, 3.8) is 0 Å². The number of nitrogens with zero attached hydrogens (tertiary/aromatic N) is 2. The largest absolute Gasteiger partial charge is 0.469 e. The number of methoxy groups -OCH3 is 1. The van der Waals surface area contributed by atoms with Crippen LogP contribution in [0.5, 0.6) is 0 Å². The SMILES string of the molecule is CCNC(=NCC(NC(=O)OC(C)(C)C)C(C)C)N1CC(C)C(C(=O)OC)C1. The molecule has 0 aliphatic carbocycles. The number of likely N-dealkylation sites (tertiary alicyclic amines) is 1. The molecular weight excluding hydrogens is 360 g/mol. The molecule has 1 rings (SSSR count). The molecule has 0 radical (unpaired) electrons. The molecule has 1 saturated heterocycles. The van der Waals surface area contributed by atoms with Crippen LogP contribution in [0, 0.1) is 17.8 Å². The molecular formula is C20H38N4O4. The summed E-state index contributed by atoms with van der Waals surface area (Å²) in [5.74, 6) is 0.793. The zero-order chi connectivity index (χ0) is 21.5. The third-order valence-electron chi connectivity index (χ3n) is 4.70. The predicted octanol–water partition coefficient (Wildman–Crippen LogP) is 2.24. The Morgan fingerprint density at radius 1 is 1.25 bits per heavy atom. The molecule has 1 fully saturated rings. The molecule has 1 aliphatic rings. The molecule has 0 aromatic heterocycles. The van der Waals surface area contributed by atoms with Crippen molar-refractivity contribution in [2.45, 2.75) is 60.1 Å². The summed E-state index contributed by atoms with van der Waals surface area (Å²) in [7, 11) is 1.42. The summed E-state index contributed by atoms with van der Waals surface area (Å²) in [6.07, 6.45) is -0.438. The van der Waals surface area contributed by atoms with E-state index in [9.17, 15) is 9.59 Å². The van der Waals surface area contributed by atoms with Crippen molar-refractivity contribution in [2.75, 3.05) is 33.3 Å². The first kappa shape index (κ1) is 24.0. The quantitative estimate of drug-likeness (QED) is 0.405. The Labute approximate surface area is 169 Å². The molecule has 3 atom stereocenters. The van der Waals surface area contributed by atoms with Gasteiger partial charge in [-0.2, -0.15) is 0 Å². The van der Waals surface area contributed by atoms with E-state index in [1.165, 1.54) is 7.11 Å². The average Bonchev–Trinajstić information content (AvgIpc) is 2.96. The summed E-state index contributed by atoms with van der Waals surface area (Å²) in [4.78, 5) is 30.9. The fraction of sp³-hybridized carbons (Fsp3) is 0.850. The fourth-order valence-electron chi connectivity index (χ4n) is 3.09. The maximum absolute atomic E-state index is 12.1. The highest BCUT2D eigenvalue weighted by atomic mass is 16.6. The van der Waals surface area contributed by atoms with E-state index in [1.807, 2.05) is 48.5 Å². The van der Waals surface area contributed by atoms with Crippen LogP contribution in [-0.4, -0.2) is 67.9 Å². The molecule has 0 aromatic rings. The minimum atomic E-state index is -0.543. The van der Waals surface area contributed by atoms with E-state index >= 15 is 0 Å². The fourth-order valence-corrected chi connectivity index (χ4v) is 3.09. The van der Waals surface area contributed by atoms with Gasteiger partial charge < -0.3 is 25.0 Å². The Morgan fingerprint density at radius 3 is 2.39 bits per heavy atom. The molecule has 0 aromatic carbocycles. The number of rotatable bonds is 6. The van der Waals surface area contributed by atoms with E-state index in [0.29, 0.717) is 13.1 Å². The minimum absolute atomic E-state index is 0.153. The Morgan fingerprint density at radius 2 is 1.89 bits per heavy atom. The molecule has 28 heavy (non-hydrogen) atoms. The third-order valence-corrected chi connectivity index (χ3v) is 4.70. The number of amides is 1. The van der Waals surface area contributed by atoms with Crippen LogP contribution in [0.25, 0.3) is 0 Å². The number of ether oxygens (including phenoxy) is 2. The van der Waals surface area contributed by atoms with Crippen molar-refractivity contribution in [3.05, 3.63) is 0 Å². The van der Waals surface area contributed by atoms with E-state index in [4.69, 9.17) is 14.5 Å². The summed E-state index contributed by atoms with van der Waals surface area (Å²) < 4.78 is 10.3. The van der Waals surface area contributed by atoms with E-state index < -0.39 is 11.7 Å². The van der Waals surface area contributed by atoms with Crippen molar-refractivity contribution < 1.29 is 19.1 Å². The van der Waals surface area contributed by atoms with E-state index in [1.54, 1.807) is 0 Å². The van der Waals surface area contributed by atoms with Crippen LogP contribution in [0.1, 0.15) is 48.5 Å². The lowest BCUT2D eigenvalue weighted by Crippen LogP contribution is -2.45. The van der Waals surface area contributed by atoms with Gasteiger partial charge >= 0.3 is 12.1 Å². The number of alkyl carbamates (subject to hydrolysis) is 1. The number of hydrogen-bond donors (Lipinski definition) is 2. The van der Waals surface area contributed by atoms with Gasteiger partial charge in [-0.1, -0.05) is 20.8 Å². The van der Waals surface area contributed by atoms with Crippen molar-refractivity contribution in [3.8, 4) is 0 Å². The van der Waals surface area contributed by atoms with Gasteiger partial charge in [0.1, 0.15) is 5.60 Å². The van der Waals surface area contributed by atoms with Crippen molar-refractivity contribution in [2.24, 2.45) is 22.7 Å². The maximum Gasteiger partial charge on any atom is 0.407 e. The lowest BCUT2D eigenvalue weighted by molar-refractivity contribution is -0.145. The zero-order valence-corrected chi connectivity index (χ0v) is 18.7. The van der Waals surface area contributed by atoms with Crippen LogP contribution in [0.15, 0.2) is 4.99 Å². The van der Waals surface area contributed by atoms with Crippen LogP contribution >= 0.6 is 0 Å². The highest BCUT2D eigenvalue weighted by Crippen LogP contribution is 2.24. The number of esters is 1. The number of carbonyl (C=O) groups excluding carboxylic acids is 2. The minimum Gasteiger partial charge on any atom is -0.469 e. The Kier molecular flexibility index (Phi) is 9.04. The molecule has 1 heterocycles. The zero-order valence-electron chi connectivity index (χ0n) is 18.7. The average molecular weight is 399 g/mol. The predicted molar refractivity (Wildman–Crippen MR) is 110 cm³/mol. The van der Waals surface area contributed by atoms with Gasteiger partial charge in [0.2, 0.25) is 0 Å². The molecule has 8 nitrogen and oxygen atoms in total.